The summed E-state index contributed by atoms with van der Waals surface area (Å²) >= 11 is 0. The van der Waals surface area contributed by atoms with Crippen molar-refractivity contribution in [2.45, 2.75) is 217 Å². The van der Waals surface area contributed by atoms with Crippen molar-refractivity contribution in [3.8, 4) is 0 Å². The van der Waals surface area contributed by atoms with E-state index >= 15 is 0 Å². The molecule has 0 amide bonds. The van der Waals surface area contributed by atoms with Crippen LogP contribution in [-0.2, 0) is 55.0 Å². The zero-order valence-electron chi connectivity index (χ0n) is 37.2. The first-order valence-electron chi connectivity index (χ1n) is 22.6. The van der Waals surface area contributed by atoms with E-state index in [-0.39, 0.29) is 16.5 Å². The Morgan fingerprint density at radius 3 is 1.11 bits per heavy atom. The smallest absolute Gasteiger partial charge is 0.493 e. The fraction of sp³-hybridized carbons (Fsp3) is 0.647. The molecule has 1 heterocycles. The monoisotopic (exact) mass is 783 g/mol. The average Bonchev–Trinajstić information content (AvgIpc) is 3.46. The van der Waals surface area contributed by atoms with E-state index < -0.39 is 0 Å². The molecule has 0 fully saturated rings. The van der Waals surface area contributed by atoms with Crippen LogP contribution < -0.4 is 0 Å². The second kappa shape index (κ2) is 31.1. The van der Waals surface area contributed by atoms with Gasteiger partial charge in [0.15, 0.2) is 0 Å². The first kappa shape index (κ1) is 52.0. The van der Waals surface area contributed by atoms with Gasteiger partial charge in [0, 0.05) is 22.3 Å². The van der Waals surface area contributed by atoms with Crippen LogP contribution in [-0.4, -0.2) is 4.70 Å². The van der Waals surface area contributed by atoms with Gasteiger partial charge in [-0.05, 0) is 141 Å². The summed E-state index contributed by atoms with van der Waals surface area (Å²) in [6.45, 7) is 28.5. The van der Waals surface area contributed by atoms with Crippen molar-refractivity contribution in [1.82, 2.24) is 0 Å². The molecule has 0 bridgehead atoms. The van der Waals surface area contributed by atoms with Gasteiger partial charge in [-0.15, -0.1) is 0 Å². The molecular weight excluding hydrogens is 699 g/mol. The largest absolute Gasteiger partial charge is 2.00 e. The second-order valence-corrected chi connectivity index (χ2v) is 15.0. The van der Waals surface area contributed by atoms with Crippen LogP contribution in [0.5, 0.6) is 0 Å². The van der Waals surface area contributed by atoms with Crippen molar-refractivity contribution in [3.05, 3.63) is 99.3 Å². The fourth-order valence-corrected chi connectivity index (χ4v) is 8.15. The van der Waals surface area contributed by atoms with Crippen LogP contribution in [0.3, 0.4) is 0 Å². The summed E-state index contributed by atoms with van der Waals surface area (Å²) in [5.74, 6) is 0. The molecular formula is C51H84N2Ni. The van der Waals surface area contributed by atoms with E-state index in [0.717, 1.165) is 82.0 Å². The van der Waals surface area contributed by atoms with Gasteiger partial charge in [-0.25, -0.2) is 4.70 Å². The van der Waals surface area contributed by atoms with Crippen LogP contribution in [0.1, 0.15) is 223 Å². The van der Waals surface area contributed by atoms with Crippen molar-refractivity contribution < 1.29 is 21.2 Å². The summed E-state index contributed by atoms with van der Waals surface area (Å²) < 4.78 is 1.69. The molecule has 308 valence electrons. The molecule has 0 atom stereocenters. The summed E-state index contributed by atoms with van der Waals surface area (Å²) in [6.07, 6.45) is 26.9. The van der Waals surface area contributed by atoms with E-state index in [0.29, 0.717) is 0 Å². The van der Waals surface area contributed by atoms with Gasteiger partial charge in [0.2, 0.25) is 11.4 Å². The Balaban J connectivity index is 0.00000543. The maximum absolute atomic E-state index is 12.7. The van der Waals surface area contributed by atoms with E-state index in [4.69, 9.17) is 0 Å². The number of hydrogen-bond donors (Lipinski definition) is 0. The average molecular weight is 784 g/mol. The quantitative estimate of drug-likeness (QED) is 0.0415. The van der Waals surface area contributed by atoms with Gasteiger partial charge in [-0.3, -0.25) is 0 Å². The number of nitrogens with zero attached hydrogens (tertiary/aromatic N) is 2. The number of aryl methyl sites for hydroxylation is 4. The van der Waals surface area contributed by atoms with E-state index in [9.17, 15) is 5.53 Å². The minimum absolute atomic E-state index is 0. The summed E-state index contributed by atoms with van der Waals surface area (Å²) in [4.78, 5) is 0. The molecule has 0 unspecified atom stereocenters. The predicted octanol–water partition coefficient (Wildman–Crippen LogP) is 16.6. The van der Waals surface area contributed by atoms with Crippen LogP contribution in [0.25, 0.3) is 16.9 Å². The van der Waals surface area contributed by atoms with Crippen LogP contribution in [0.15, 0.2) is 35.4 Å². The molecule has 1 aliphatic heterocycles. The molecule has 0 radical (unpaired) electrons. The second-order valence-electron chi connectivity index (χ2n) is 15.0. The standard InChI is InChI=1S/C47H74N2.2C2H5.Ni/c1-9-17-22-23-31-45-44(30-21-13-5)46(41-34-38(27-18-10-2)43(29-20-12-4)39(35-41)28-19-11-3)49(48)47(45)40-32-36(24-14-6)42(26-16-8)37(33-40)25-15-7;2*1-2;/h32-35H,9-31H2,1-8H3;2*1H2,2H3;/q;2*-1;+2. The van der Waals surface area contributed by atoms with Gasteiger partial charge >= 0.3 is 16.5 Å². The molecule has 2 aromatic rings. The fourth-order valence-electron chi connectivity index (χ4n) is 8.15. The van der Waals surface area contributed by atoms with Gasteiger partial charge in [0.05, 0.1) is 0 Å². The first-order chi connectivity index (χ1) is 25.9. The molecule has 2 nitrogen and oxygen atoms in total. The Labute approximate surface area is 347 Å². The summed E-state index contributed by atoms with van der Waals surface area (Å²) in [5.41, 5.74) is 29.4. The number of hydrogen-bond acceptors (Lipinski definition) is 0. The Bertz CT molecular complexity index is 1340. The number of allylic oxidation sites excluding steroid dienone is 2. The SMILES string of the molecule is CCCCCCC1=C(c2cc(CCC)c(CCC)c(CCC)c2)[N+](=[N-])C(c2cc(CCCC)c(CCCC)c(CCCC)c2)=C1CCCC.[CH2-]C.[CH2-]C.[Ni+2]. The minimum Gasteiger partial charge on any atom is -0.493 e. The Hall–Kier alpha value is -1.99. The maximum atomic E-state index is 12.7. The number of rotatable bonds is 25. The first-order valence-corrected chi connectivity index (χ1v) is 22.6. The summed E-state index contributed by atoms with van der Waals surface area (Å²) in [5, 5.41) is 0. The molecule has 3 heteroatoms. The molecule has 0 aromatic heterocycles. The maximum Gasteiger partial charge on any atom is 2.00 e. The Morgan fingerprint density at radius 1 is 0.389 bits per heavy atom. The Morgan fingerprint density at radius 2 is 0.722 bits per heavy atom. The van der Waals surface area contributed by atoms with E-state index in [1.807, 2.05) is 0 Å². The minimum atomic E-state index is 0. The Kier molecular flexibility index (Phi) is 30.0. The molecule has 54 heavy (non-hydrogen) atoms. The molecule has 0 saturated heterocycles. The van der Waals surface area contributed by atoms with Crippen molar-refractivity contribution in [2.24, 2.45) is 0 Å². The van der Waals surface area contributed by atoms with Gasteiger partial charge in [0.25, 0.3) is 0 Å². The van der Waals surface area contributed by atoms with Gasteiger partial charge in [-0.2, -0.15) is 13.8 Å². The van der Waals surface area contributed by atoms with Crippen LogP contribution in [0.2, 0.25) is 0 Å². The summed E-state index contributed by atoms with van der Waals surface area (Å²) in [6, 6.07) is 9.97. The number of unbranched alkanes of at least 4 members (excludes halogenated alkanes) is 7. The van der Waals surface area contributed by atoms with Crippen molar-refractivity contribution >= 4 is 11.4 Å². The third kappa shape index (κ3) is 15.2. The molecule has 0 N–H and O–H groups in total. The van der Waals surface area contributed by atoms with Crippen LogP contribution in [0, 0.1) is 13.8 Å². The van der Waals surface area contributed by atoms with Crippen LogP contribution >= 0.6 is 0 Å². The van der Waals surface area contributed by atoms with Gasteiger partial charge in [0.1, 0.15) is 0 Å². The summed E-state index contributed by atoms with van der Waals surface area (Å²) in [7, 11) is 0. The molecule has 0 spiro atoms. The molecule has 3 rings (SSSR count). The van der Waals surface area contributed by atoms with Crippen LogP contribution in [0.4, 0.5) is 0 Å². The van der Waals surface area contributed by atoms with Gasteiger partial charge in [-0.1, -0.05) is 120 Å². The van der Waals surface area contributed by atoms with Crippen molar-refractivity contribution in [3.63, 3.8) is 0 Å². The van der Waals surface area contributed by atoms with E-state index in [1.165, 1.54) is 122 Å². The molecule has 1 aliphatic rings. The van der Waals surface area contributed by atoms with Gasteiger partial charge < -0.3 is 19.4 Å². The normalized spacial score (nSPS) is 12.4. The molecule has 2 aromatic carbocycles. The topological polar surface area (TPSA) is 25.3 Å². The third-order valence-electron chi connectivity index (χ3n) is 10.8. The van der Waals surface area contributed by atoms with E-state index in [2.05, 4.69) is 93.5 Å². The van der Waals surface area contributed by atoms with E-state index in [1.54, 1.807) is 29.7 Å². The number of benzene rings is 2. The van der Waals surface area contributed by atoms with Crippen molar-refractivity contribution in [2.75, 3.05) is 0 Å². The molecule has 0 saturated carbocycles. The predicted molar refractivity (Wildman–Crippen MR) is 239 cm³/mol. The zero-order chi connectivity index (χ0) is 39.6. The van der Waals surface area contributed by atoms with Crippen molar-refractivity contribution in [1.29, 1.82) is 0 Å². The zero-order valence-corrected chi connectivity index (χ0v) is 38.2. The third-order valence-corrected chi connectivity index (χ3v) is 10.8. The molecule has 0 aliphatic carbocycles.